The number of alkyl halides is 1. The maximum absolute atomic E-state index is 3.90. The van der Waals surface area contributed by atoms with Gasteiger partial charge in [0, 0.05) is 8.40 Å². The molecule has 0 aliphatic heterocycles. The lowest BCUT2D eigenvalue weighted by atomic mass is 9.77. The second-order valence-corrected chi connectivity index (χ2v) is 8.00. The Bertz CT molecular complexity index is 360. The molecule has 0 N–H and O–H groups in total. The van der Waals surface area contributed by atoms with Gasteiger partial charge in [-0.25, -0.2) is 0 Å². The van der Waals surface area contributed by atoms with Crippen molar-refractivity contribution in [3.05, 3.63) is 33.4 Å². The van der Waals surface area contributed by atoms with Gasteiger partial charge in [-0.2, -0.15) is 0 Å². The number of benzene rings is 1. The van der Waals surface area contributed by atoms with Crippen LogP contribution in [-0.2, 0) is 6.42 Å². The van der Waals surface area contributed by atoms with Crippen LogP contribution in [0.5, 0.6) is 0 Å². The van der Waals surface area contributed by atoms with Gasteiger partial charge in [-0.3, -0.25) is 0 Å². The minimum atomic E-state index is 0.727. The van der Waals surface area contributed by atoms with Gasteiger partial charge in [0.1, 0.15) is 0 Å². The Morgan fingerprint density at radius 1 is 1.22 bits per heavy atom. The molecule has 0 amide bonds. The molecule has 1 aliphatic rings. The van der Waals surface area contributed by atoms with Gasteiger partial charge < -0.3 is 0 Å². The van der Waals surface area contributed by atoms with Gasteiger partial charge in [0.05, 0.1) is 0 Å². The molecular formula is C16H22BrI. The summed E-state index contributed by atoms with van der Waals surface area (Å²) in [5.41, 5.74) is 1.50. The number of hydrogen-bond donors (Lipinski definition) is 0. The van der Waals surface area contributed by atoms with Crippen molar-refractivity contribution in [3.8, 4) is 0 Å². The van der Waals surface area contributed by atoms with Crippen molar-refractivity contribution in [2.24, 2.45) is 11.8 Å². The summed E-state index contributed by atoms with van der Waals surface area (Å²) in [5, 5.41) is 0. The fraction of sp³-hybridized carbons (Fsp3) is 0.625. The Kier molecular flexibility index (Phi) is 5.99. The average Bonchev–Trinajstić information content (AvgIpc) is 2.36. The first-order chi connectivity index (χ1) is 8.69. The topological polar surface area (TPSA) is 0 Å². The van der Waals surface area contributed by atoms with E-state index >= 15 is 0 Å². The molecular weight excluding hydrogens is 399 g/mol. The van der Waals surface area contributed by atoms with E-state index in [1.54, 1.807) is 0 Å². The van der Waals surface area contributed by atoms with Crippen LogP contribution in [0.4, 0.5) is 0 Å². The summed E-state index contributed by atoms with van der Waals surface area (Å²) in [6.45, 7) is 2.31. The number of hydrogen-bond acceptors (Lipinski definition) is 0. The van der Waals surface area contributed by atoms with Crippen molar-refractivity contribution in [1.82, 2.24) is 0 Å². The fourth-order valence-electron chi connectivity index (χ4n) is 3.13. The summed E-state index contributed by atoms with van der Waals surface area (Å²) in [7, 11) is 0. The average molecular weight is 421 g/mol. The molecule has 0 saturated heterocycles. The van der Waals surface area contributed by atoms with Crippen molar-refractivity contribution in [2.75, 3.05) is 0 Å². The largest absolute Gasteiger partial charge is 0.0888 e. The SMILES string of the molecule is CCCC1CCC(Br)C(Cc2ccc(I)cc2)C1. The lowest BCUT2D eigenvalue weighted by Gasteiger charge is -2.33. The summed E-state index contributed by atoms with van der Waals surface area (Å²) in [4.78, 5) is 0.727. The van der Waals surface area contributed by atoms with Gasteiger partial charge in [-0.05, 0) is 77.8 Å². The predicted octanol–water partition coefficient (Wildman–Crippen LogP) is 5.81. The van der Waals surface area contributed by atoms with E-state index in [4.69, 9.17) is 0 Å². The Balaban J connectivity index is 1.95. The summed E-state index contributed by atoms with van der Waals surface area (Å²) < 4.78 is 1.33. The highest BCUT2D eigenvalue weighted by atomic mass is 127. The Hall–Kier alpha value is 0.430. The van der Waals surface area contributed by atoms with E-state index in [1.807, 2.05) is 0 Å². The van der Waals surface area contributed by atoms with E-state index in [1.165, 1.54) is 47.7 Å². The zero-order chi connectivity index (χ0) is 13.0. The first-order valence-corrected chi connectivity index (χ1v) is 9.07. The fourth-order valence-corrected chi connectivity index (χ4v) is 4.16. The normalized spacial score (nSPS) is 28.3. The van der Waals surface area contributed by atoms with Crippen molar-refractivity contribution < 1.29 is 0 Å². The Morgan fingerprint density at radius 2 is 1.94 bits per heavy atom. The van der Waals surface area contributed by atoms with E-state index < -0.39 is 0 Å². The van der Waals surface area contributed by atoms with Gasteiger partial charge >= 0.3 is 0 Å². The van der Waals surface area contributed by atoms with Crippen LogP contribution >= 0.6 is 38.5 Å². The van der Waals surface area contributed by atoms with Crippen LogP contribution in [0.2, 0.25) is 0 Å². The van der Waals surface area contributed by atoms with E-state index in [9.17, 15) is 0 Å². The smallest absolute Gasteiger partial charge is 0.0177 e. The molecule has 1 aromatic rings. The molecule has 0 spiro atoms. The van der Waals surface area contributed by atoms with E-state index in [-0.39, 0.29) is 0 Å². The minimum Gasteiger partial charge on any atom is -0.0888 e. The van der Waals surface area contributed by atoms with Crippen LogP contribution < -0.4 is 0 Å². The van der Waals surface area contributed by atoms with Gasteiger partial charge in [0.2, 0.25) is 0 Å². The minimum absolute atomic E-state index is 0.727. The van der Waals surface area contributed by atoms with Crippen LogP contribution in [0.1, 0.15) is 44.6 Å². The highest BCUT2D eigenvalue weighted by molar-refractivity contribution is 14.1. The van der Waals surface area contributed by atoms with Gasteiger partial charge in [0.15, 0.2) is 0 Å². The molecule has 2 heteroatoms. The first kappa shape index (κ1) is 14.8. The molecule has 1 aliphatic carbocycles. The molecule has 2 rings (SSSR count). The van der Waals surface area contributed by atoms with Gasteiger partial charge in [-0.1, -0.05) is 47.8 Å². The van der Waals surface area contributed by atoms with Crippen molar-refractivity contribution >= 4 is 38.5 Å². The first-order valence-electron chi connectivity index (χ1n) is 7.07. The van der Waals surface area contributed by atoms with Crippen LogP contribution in [0.15, 0.2) is 24.3 Å². The molecule has 3 unspecified atom stereocenters. The molecule has 0 nitrogen and oxygen atoms in total. The molecule has 0 aromatic heterocycles. The van der Waals surface area contributed by atoms with Crippen LogP contribution in [0, 0.1) is 15.4 Å². The van der Waals surface area contributed by atoms with E-state index in [0.717, 1.165) is 16.7 Å². The number of rotatable bonds is 4. The highest BCUT2D eigenvalue weighted by Gasteiger charge is 2.28. The predicted molar refractivity (Wildman–Crippen MR) is 91.3 cm³/mol. The van der Waals surface area contributed by atoms with Crippen LogP contribution in [0.25, 0.3) is 0 Å². The standard InChI is InChI=1S/C16H22BrI/c1-2-3-12-6-9-16(17)14(10-12)11-13-4-7-15(18)8-5-13/h4-5,7-8,12,14,16H,2-3,6,9-11H2,1H3. The lowest BCUT2D eigenvalue weighted by molar-refractivity contribution is 0.263. The third kappa shape index (κ3) is 4.22. The van der Waals surface area contributed by atoms with Crippen molar-refractivity contribution in [3.63, 3.8) is 0 Å². The van der Waals surface area contributed by atoms with E-state index in [2.05, 4.69) is 69.7 Å². The molecule has 1 saturated carbocycles. The van der Waals surface area contributed by atoms with Gasteiger partial charge in [0.25, 0.3) is 0 Å². The summed E-state index contributed by atoms with van der Waals surface area (Å²) >= 11 is 6.28. The van der Waals surface area contributed by atoms with Crippen LogP contribution in [0.3, 0.4) is 0 Å². The third-order valence-electron chi connectivity index (χ3n) is 4.11. The maximum atomic E-state index is 3.90. The summed E-state index contributed by atoms with van der Waals surface area (Å²) in [5.74, 6) is 1.80. The zero-order valence-corrected chi connectivity index (χ0v) is 14.8. The van der Waals surface area contributed by atoms with E-state index in [0.29, 0.717) is 0 Å². The van der Waals surface area contributed by atoms with Crippen LogP contribution in [-0.4, -0.2) is 4.83 Å². The Labute approximate surface area is 133 Å². The molecule has 0 heterocycles. The molecule has 3 atom stereocenters. The molecule has 0 radical (unpaired) electrons. The lowest BCUT2D eigenvalue weighted by Crippen LogP contribution is -2.26. The van der Waals surface area contributed by atoms with Gasteiger partial charge in [-0.15, -0.1) is 0 Å². The molecule has 1 aromatic carbocycles. The zero-order valence-electron chi connectivity index (χ0n) is 11.0. The van der Waals surface area contributed by atoms with Crippen molar-refractivity contribution in [2.45, 2.75) is 50.3 Å². The molecule has 18 heavy (non-hydrogen) atoms. The summed E-state index contributed by atoms with van der Waals surface area (Å²) in [6.07, 6.45) is 8.20. The summed E-state index contributed by atoms with van der Waals surface area (Å²) in [6, 6.07) is 9.05. The second-order valence-electron chi connectivity index (χ2n) is 5.57. The molecule has 100 valence electrons. The number of halogens is 2. The monoisotopic (exact) mass is 420 g/mol. The molecule has 1 fully saturated rings. The third-order valence-corrected chi connectivity index (χ3v) is 6.03. The Morgan fingerprint density at radius 3 is 2.61 bits per heavy atom. The maximum Gasteiger partial charge on any atom is 0.0177 e. The second kappa shape index (κ2) is 7.28. The quantitative estimate of drug-likeness (QED) is 0.425. The highest BCUT2D eigenvalue weighted by Crippen LogP contribution is 2.37. The molecule has 0 bridgehead atoms. The van der Waals surface area contributed by atoms with Crippen molar-refractivity contribution in [1.29, 1.82) is 0 Å².